The topological polar surface area (TPSA) is 50.7 Å². The minimum Gasteiger partial charge on any atom is -0.467 e. The molecule has 0 aliphatic carbocycles. The number of benzene rings is 2. The molecular formula is C24H19N3O2S. The van der Waals surface area contributed by atoms with Gasteiger partial charge in [-0.2, -0.15) is 0 Å². The van der Waals surface area contributed by atoms with Gasteiger partial charge in [0.1, 0.15) is 5.76 Å². The van der Waals surface area contributed by atoms with Gasteiger partial charge in [-0.3, -0.25) is 9.69 Å². The highest BCUT2D eigenvalue weighted by molar-refractivity contribution is 8.18. The molecule has 1 saturated heterocycles. The van der Waals surface area contributed by atoms with Crippen molar-refractivity contribution in [1.29, 1.82) is 0 Å². The molecule has 1 fully saturated rings. The van der Waals surface area contributed by atoms with Crippen LogP contribution in [0, 0.1) is 0 Å². The lowest BCUT2D eigenvalue weighted by Crippen LogP contribution is -2.28. The van der Waals surface area contributed by atoms with E-state index in [4.69, 9.17) is 9.41 Å². The second kappa shape index (κ2) is 7.72. The fourth-order valence-electron chi connectivity index (χ4n) is 3.53. The van der Waals surface area contributed by atoms with Crippen LogP contribution in [-0.4, -0.2) is 20.5 Å². The number of furan rings is 1. The van der Waals surface area contributed by atoms with Crippen LogP contribution in [0.5, 0.6) is 0 Å². The minimum atomic E-state index is -0.0704. The molecule has 2 aromatic carbocycles. The van der Waals surface area contributed by atoms with Gasteiger partial charge in [0, 0.05) is 29.7 Å². The molecular weight excluding hydrogens is 394 g/mol. The normalized spacial score (nSPS) is 17.0. The van der Waals surface area contributed by atoms with Gasteiger partial charge in [-0.05, 0) is 48.2 Å². The van der Waals surface area contributed by atoms with Crippen LogP contribution in [0.1, 0.15) is 11.3 Å². The van der Waals surface area contributed by atoms with E-state index in [0.29, 0.717) is 16.6 Å². The van der Waals surface area contributed by atoms with Gasteiger partial charge in [-0.25, -0.2) is 4.99 Å². The molecule has 1 aliphatic rings. The van der Waals surface area contributed by atoms with Crippen molar-refractivity contribution in [1.82, 2.24) is 9.47 Å². The SMILES string of the molecule is Cn1cc(/C=C2\SC(=Nc3ccccc3)N(Cc3ccco3)C2=O)c2ccccc21. The van der Waals surface area contributed by atoms with Crippen LogP contribution < -0.4 is 0 Å². The Labute approximate surface area is 178 Å². The average Bonchev–Trinajstić information content (AvgIpc) is 3.46. The quantitative estimate of drug-likeness (QED) is 0.411. The number of rotatable bonds is 4. The molecule has 5 rings (SSSR count). The molecule has 0 unspecified atom stereocenters. The zero-order valence-corrected chi connectivity index (χ0v) is 17.2. The van der Waals surface area contributed by atoms with Crippen LogP contribution in [0.3, 0.4) is 0 Å². The van der Waals surface area contributed by atoms with Crippen LogP contribution in [0.4, 0.5) is 5.69 Å². The van der Waals surface area contributed by atoms with Gasteiger partial charge in [0.15, 0.2) is 5.17 Å². The first kappa shape index (κ1) is 18.5. The zero-order valence-electron chi connectivity index (χ0n) is 16.4. The van der Waals surface area contributed by atoms with E-state index in [1.807, 2.05) is 67.7 Å². The van der Waals surface area contributed by atoms with Gasteiger partial charge >= 0.3 is 0 Å². The van der Waals surface area contributed by atoms with Gasteiger partial charge in [-0.1, -0.05) is 36.4 Å². The van der Waals surface area contributed by atoms with Gasteiger partial charge in [0.05, 0.1) is 23.4 Å². The summed E-state index contributed by atoms with van der Waals surface area (Å²) in [7, 11) is 2.01. The number of thioether (sulfide) groups is 1. The lowest BCUT2D eigenvalue weighted by atomic mass is 10.1. The molecule has 0 radical (unpaired) electrons. The lowest BCUT2D eigenvalue weighted by molar-refractivity contribution is -0.122. The van der Waals surface area contributed by atoms with E-state index < -0.39 is 0 Å². The first-order valence-corrected chi connectivity index (χ1v) is 10.4. The predicted octanol–water partition coefficient (Wildman–Crippen LogP) is 5.58. The summed E-state index contributed by atoms with van der Waals surface area (Å²) in [4.78, 5) is 20.3. The largest absolute Gasteiger partial charge is 0.467 e. The molecule has 6 heteroatoms. The molecule has 3 heterocycles. The number of nitrogens with zero attached hydrogens (tertiary/aromatic N) is 3. The zero-order chi connectivity index (χ0) is 20.5. The number of hydrogen-bond acceptors (Lipinski definition) is 4. The van der Waals surface area contributed by atoms with Crippen LogP contribution >= 0.6 is 11.8 Å². The fraction of sp³-hybridized carbons (Fsp3) is 0.0833. The van der Waals surface area contributed by atoms with Crippen molar-refractivity contribution < 1.29 is 9.21 Å². The molecule has 1 amide bonds. The summed E-state index contributed by atoms with van der Waals surface area (Å²) in [5, 5.41) is 1.76. The number of aromatic nitrogens is 1. The molecule has 0 saturated carbocycles. The predicted molar refractivity (Wildman–Crippen MR) is 121 cm³/mol. The number of amidine groups is 1. The number of para-hydroxylation sites is 2. The van der Waals surface area contributed by atoms with Crippen molar-refractivity contribution in [3.8, 4) is 0 Å². The molecule has 1 aliphatic heterocycles. The van der Waals surface area contributed by atoms with Crippen molar-refractivity contribution in [2.45, 2.75) is 6.54 Å². The fourth-order valence-corrected chi connectivity index (χ4v) is 4.52. The van der Waals surface area contributed by atoms with Gasteiger partial charge < -0.3 is 8.98 Å². The lowest BCUT2D eigenvalue weighted by Gasteiger charge is -2.13. The maximum atomic E-state index is 13.3. The second-order valence-electron chi connectivity index (χ2n) is 7.02. The smallest absolute Gasteiger partial charge is 0.267 e. The molecule has 0 atom stereocenters. The molecule has 0 N–H and O–H groups in total. The summed E-state index contributed by atoms with van der Waals surface area (Å²) in [6.45, 7) is 0.345. The Hall–Kier alpha value is -3.51. The Balaban J connectivity index is 1.55. The van der Waals surface area contributed by atoms with E-state index in [1.165, 1.54) is 11.8 Å². The average molecular weight is 414 g/mol. The maximum absolute atomic E-state index is 13.3. The molecule has 4 aromatic rings. The highest BCUT2D eigenvalue weighted by Crippen LogP contribution is 2.36. The first-order chi connectivity index (χ1) is 14.7. The monoisotopic (exact) mass is 413 g/mol. The van der Waals surface area contributed by atoms with Gasteiger partial charge in [0.25, 0.3) is 5.91 Å². The minimum absolute atomic E-state index is 0.0704. The molecule has 5 nitrogen and oxygen atoms in total. The number of amides is 1. The summed E-state index contributed by atoms with van der Waals surface area (Å²) in [6.07, 6.45) is 5.62. The second-order valence-corrected chi connectivity index (χ2v) is 8.03. The van der Waals surface area contributed by atoms with E-state index in [0.717, 1.165) is 27.9 Å². The summed E-state index contributed by atoms with van der Waals surface area (Å²) >= 11 is 1.39. The Morgan fingerprint density at radius 2 is 1.83 bits per heavy atom. The standard InChI is InChI=1S/C24H19N3O2S/c1-26-15-17(20-11-5-6-12-21(20)26)14-22-23(28)27(16-19-10-7-13-29-19)24(30-22)25-18-8-3-2-4-9-18/h2-15H,16H2,1H3/b22-14-,25-24?. The van der Waals surface area contributed by atoms with Crippen molar-refractivity contribution in [3.05, 3.63) is 95.4 Å². The van der Waals surface area contributed by atoms with Gasteiger partial charge in [0.2, 0.25) is 0 Å². The number of aryl methyl sites for hydroxylation is 1. The van der Waals surface area contributed by atoms with E-state index >= 15 is 0 Å². The third-order valence-electron chi connectivity index (χ3n) is 4.98. The number of carbonyl (C=O) groups excluding carboxylic acids is 1. The molecule has 148 valence electrons. The third kappa shape index (κ3) is 3.46. The summed E-state index contributed by atoms with van der Waals surface area (Å²) in [5.41, 5.74) is 2.96. The summed E-state index contributed by atoms with van der Waals surface area (Å²) < 4.78 is 7.55. The molecule has 2 aromatic heterocycles. The third-order valence-corrected chi connectivity index (χ3v) is 5.98. The van der Waals surface area contributed by atoms with Crippen LogP contribution in [0.2, 0.25) is 0 Å². The molecule has 0 bridgehead atoms. The van der Waals surface area contributed by atoms with Gasteiger partial charge in [-0.15, -0.1) is 0 Å². The summed E-state index contributed by atoms with van der Waals surface area (Å²) in [6, 6.07) is 21.5. The summed E-state index contributed by atoms with van der Waals surface area (Å²) in [5.74, 6) is 0.648. The number of carbonyl (C=O) groups is 1. The maximum Gasteiger partial charge on any atom is 0.267 e. The van der Waals surface area contributed by atoms with Crippen molar-refractivity contribution >= 4 is 45.5 Å². The Morgan fingerprint density at radius 1 is 1.03 bits per heavy atom. The van der Waals surface area contributed by atoms with Crippen LogP contribution in [0.15, 0.2) is 93.5 Å². The number of hydrogen-bond donors (Lipinski definition) is 0. The molecule has 30 heavy (non-hydrogen) atoms. The Bertz CT molecular complexity index is 1270. The van der Waals surface area contributed by atoms with E-state index in [9.17, 15) is 4.79 Å². The van der Waals surface area contributed by atoms with Crippen molar-refractivity contribution in [2.24, 2.45) is 12.0 Å². The van der Waals surface area contributed by atoms with E-state index in [2.05, 4.69) is 22.9 Å². The first-order valence-electron chi connectivity index (χ1n) is 9.60. The van der Waals surface area contributed by atoms with E-state index in [-0.39, 0.29) is 5.91 Å². The Morgan fingerprint density at radius 3 is 2.63 bits per heavy atom. The highest BCUT2D eigenvalue weighted by atomic mass is 32.2. The number of fused-ring (bicyclic) bond motifs is 1. The number of aliphatic imine (C=N–C) groups is 1. The Kier molecular flexibility index (Phi) is 4.77. The van der Waals surface area contributed by atoms with E-state index in [1.54, 1.807) is 11.2 Å². The van der Waals surface area contributed by atoms with Crippen LogP contribution in [-0.2, 0) is 18.4 Å². The van der Waals surface area contributed by atoms with Crippen LogP contribution in [0.25, 0.3) is 17.0 Å². The molecule has 0 spiro atoms. The highest BCUT2D eigenvalue weighted by Gasteiger charge is 2.34. The van der Waals surface area contributed by atoms with Crippen molar-refractivity contribution in [2.75, 3.05) is 0 Å². The van der Waals surface area contributed by atoms with Crippen molar-refractivity contribution in [3.63, 3.8) is 0 Å².